The van der Waals surface area contributed by atoms with Gasteiger partial charge in [-0.15, -0.1) is 0 Å². The minimum atomic E-state index is -0.569. The number of carbonyl (C=O) groups is 2. The van der Waals surface area contributed by atoms with Crippen molar-refractivity contribution in [1.29, 1.82) is 0 Å². The normalized spacial score (nSPS) is 18.7. The topological polar surface area (TPSA) is 46.6 Å². The molecule has 3 aromatic carbocycles. The summed E-state index contributed by atoms with van der Waals surface area (Å²) in [5.41, 5.74) is 2.36. The minimum absolute atomic E-state index is 0.0779. The Morgan fingerprint density at radius 3 is 1.78 bits per heavy atom. The Morgan fingerprint density at radius 1 is 0.778 bits per heavy atom. The number of hydrogen-bond acceptors (Lipinski definition) is 3. The van der Waals surface area contributed by atoms with E-state index in [0.717, 1.165) is 16.9 Å². The lowest BCUT2D eigenvalue weighted by Gasteiger charge is -2.27. The Kier molecular flexibility index (Phi) is 4.71. The molecule has 3 aromatic rings. The van der Waals surface area contributed by atoms with E-state index in [-0.39, 0.29) is 18.3 Å². The van der Waals surface area contributed by atoms with Gasteiger partial charge in [-0.05, 0) is 29.8 Å². The van der Waals surface area contributed by atoms with Crippen molar-refractivity contribution in [3.8, 4) is 0 Å². The van der Waals surface area contributed by atoms with Crippen molar-refractivity contribution in [2.45, 2.75) is 12.5 Å². The average Bonchev–Trinajstić information content (AvgIpc) is 3.12. The molecule has 1 heterocycles. The van der Waals surface area contributed by atoms with Gasteiger partial charge in [0.15, 0.2) is 0 Å². The zero-order chi connectivity index (χ0) is 18.6. The van der Waals surface area contributed by atoms with Gasteiger partial charge < -0.3 is 4.74 Å². The van der Waals surface area contributed by atoms with Crippen molar-refractivity contribution in [2.24, 2.45) is 5.92 Å². The quantitative estimate of drug-likeness (QED) is 0.638. The van der Waals surface area contributed by atoms with E-state index >= 15 is 0 Å². The maximum atomic E-state index is 13.6. The fourth-order valence-corrected chi connectivity index (χ4v) is 3.44. The van der Waals surface area contributed by atoms with Crippen LogP contribution in [0.5, 0.6) is 0 Å². The Labute approximate surface area is 158 Å². The van der Waals surface area contributed by atoms with Crippen LogP contribution in [0, 0.1) is 5.92 Å². The van der Waals surface area contributed by atoms with E-state index in [1.54, 1.807) is 4.90 Å². The molecule has 0 unspecified atom stereocenters. The summed E-state index contributed by atoms with van der Waals surface area (Å²) in [5.74, 6) is -1.06. The van der Waals surface area contributed by atoms with Gasteiger partial charge in [0.05, 0.1) is 12.3 Å². The lowest BCUT2D eigenvalue weighted by Crippen LogP contribution is -2.34. The molecule has 4 rings (SSSR count). The van der Waals surface area contributed by atoms with Crippen LogP contribution in [0.25, 0.3) is 0 Å². The van der Waals surface area contributed by atoms with Crippen molar-refractivity contribution in [1.82, 2.24) is 0 Å². The third kappa shape index (κ3) is 3.47. The Morgan fingerprint density at radius 2 is 1.26 bits per heavy atom. The largest absolute Gasteiger partial charge is 0.457 e. The molecule has 0 saturated carbocycles. The van der Waals surface area contributed by atoms with Crippen molar-refractivity contribution in [3.05, 3.63) is 96.6 Å². The van der Waals surface area contributed by atoms with Crippen molar-refractivity contribution < 1.29 is 14.3 Å². The van der Waals surface area contributed by atoms with Gasteiger partial charge in [0, 0.05) is 11.4 Å². The fourth-order valence-electron chi connectivity index (χ4n) is 3.44. The molecular weight excluding hydrogens is 338 g/mol. The number of esters is 1. The molecule has 1 aliphatic heterocycles. The van der Waals surface area contributed by atoms with Crippen LogP contribution in [0.2, 0.25) is 0 Å². The summed E-state index contributed by atoms with van der Waals surface area (Å²) in [6.07, 6.45) is -0.490. The average molecular weight is 357 g/mol. The van der Waals surface area contributed by atoms with Gasteiger partial charge >= 0.3 is 5.97 Å². The zero-order valence-electron chi connectivity index (χ0n) is 14.7. The molecule has 0 radical (unpaired) electrons. The molecule has 1 aliphatic rings. The monoisotopic (exact) mass is 357 g/mol. The van der Waals surface area contributed by atoms with Crippen molar-refractivity contribution >= 4 is 23.3 Å². The third-order valence-corrected chi connectivity index (χ3v) is 4.70. The minimum Gasteiger partial charge on any atom is -0.457 e. The molecule has 4 nitrogen and oxygen atoms in total. The molecule has 1 saturated heterocycles. The smallest absolute Gasteiger partial charge is 0.307 e. The molecular formula is C23H19NO3. The highest BCUT2D eigenvalue weighted by atomic mass is 16.6. The number of nitrogens with zero attached hydrogens (tertiary/aromatic N) is 1. The van der Waals surface area contributed by atoms with E-state index in [1.807, 2.05) is 91.0 Å². The number of para-hydroxylation sites is 2. The van der Waals surface area contributed by atoms with Gasteiger partial charge in [-0.1, -0.05) is 66.7 Å². The highest BCUT2D eigenvalue weighted by Crippen LogP contribution is 2.39. The first-order valence-electron chi connectivity index (χ1n) is 8.92. The summed E-state index contributed by atoms with van der Waals surface area (Å²) < 4.78 is 5.52. The molecule has 0 spiro atoms. The molecule has 1 fully saturated rings. The number of hydrogen-bond donors (Lipinski definition) is 0. The van der Waals surface area contributed by atoms with Gasteiger partial charge in [0.1, 0.15) is 6.10 Å². The van der Waals surface area contributed by atoms with Gasteiger partial charge in [-0.2, -0.15) is 0 Å². The molecule has 0 aromatic heterocycles. The van der Waals surface area contributed by atoms with E-state index in [2.05, 4.69) is 0 Å². The summed E-state index contributed by atoms with van der Waals surface area (Å²) in [6, 6.07) is 28.4. The summed E-state index contributed by atoms with van der Waals surface area (Å²) >= 11 is 0. The van der Waals surface area contributed by atoms with Gasteiger partial charge in [-0.25, -0.2) is 0 Å². The Balaban J connectivity index is 1.74. The molecule has 1 amide bonds. The summed E-state index contributed by atoms with van der Waals surface area (Å²) in [7, 11) is 0. The predicted molar refractivity (Wildman–Crippen MR) is 103 cm³/mol. The predicted octanol–water partition coefficient (Wildman–Crippen LogP) is 4.66. The Bertz CT molecular complexity index is 886. The van der Waals surface area contributed by atoms with Crippen LogP contribution < -0.4 is 4.90 Å². The van der Waals surface area contributed by atoms with Crippen molar-refractivity contribution in [2.75, 3.05) is 4.90 Å². The van der Waals surface area contributed by atoms with Crippen LogP contribution in [-0.2, 0) is 14.3 Å². The maximum Gasteiger partial charge on any atom is 0.307 e. The number of amides is 1. The van der Waals surface area contributed by atoms with Crippen LogP contribution in [0.4, 0.5) is 11.4 Å². The van der Waals surface area contributed by atoms with Crippen LogP contribution >= 0.6 is 0 Å². The summed E-state index contributed by atoms with van der Waals surface area (Å²) in [4.78, 5) is 27.3. The molecule has 0 N–H and O–H groups in total. The number of carbonyl (C=O) groups excluding carboxylic acids is 2. The second-order valence-corrected chi connectivity index (χ2v) is 6.48. The van der Waals surface area contributed by atoms with Gasteiger partial charge in [0.25, 0.3) is 0 Å². The standard InChI is InChI=1S/C23H19NO3/c25-21-16-20(22(27-21)17-10-4-1-5-11-17)23(26)24(18-12-6-2-7-13-18)19-14-8-3-9-15-19/h1-15,20,22H,16H2/t20-,22+/m1/s1. The van der Waals surface area contributed by atoms with Crippen LogP contribution in [0.3, 0.4) is 0 Å². The first-order valence-corrected chi connectivity index (χ1v) is 8.92. The maximum absolute atomic E-state index is 13.6. The first-order chi connectivity index (χ1) is 13.2. The molecule has 0 bridgehead atoms. The summed E-state index contributed by atoms with van der Waals surface area (Å²) in [5, 5.41) is 0. The second-order valence-electron chi connectivity index (χ2n) is 6.48. The number of benzene rings is 3. The molecule has 2 atom stereocenters. The molecule has 4 heteroatoms. The van der Waals surface area contributed by atoms with E-state index < -0.39 is 12.0 Å². The number of cyclic esters (lactones) is 1. The highest BCUT2D eigenvalue weighted by Gasteiger charge is 2.43. The van der Waals surface area contributed by atoms with Crippen LogP contribution in [0.1, 0.15) is 18.1 Å². The number of anilines is 2. The zero-order valence-corrected chi connectivity index (χ0v) is 14.7. The van der Waals surface area contributed by atoms with Crippen LogP contribution in [0.15, 0.2) is 91.0 Å². The Hall–Kier alpha value is -3.40. The molecule has 27 heavy (non-hydrogen) atoms. The SMILES string of the molecule is O=C1C[C@@H](C(=O)N(c2ccccc2)c2ccccc2)[C@H](c2ccccc2)O1. The van der Waals surface area contributed by atoms with Crippen LogP contribution in [-0.4, -0.2) is 11.9 Å². The van der Waals surface area contributed by atoms with Gasteiger partial charge in [-0.3, -0.25) is 14.5 Å². The number of rotatable bonds is 4. The van der Waals surface area contributed by atoms with Crippen molar-refractivity contribution in [3.63, 3.8) is 0 Å². The van der Waals surface area contributed by atoms with E-state index in [9.17, 15) is 9.59 Å². The molecule has 134 valence electrons. The lowest BCUT2D eigenvalue weighted by atomic mass is 9.93. The molecule has 0 aliphatic carbocycles. The van der Waals surface area contributed by atoms with Gasteiger partial charge in [0.2, 0.25) is 5.91 Å². The van der Waals surface area contributed by atoms with E-state index in [0.29, 0.717) is 0 Å². The van der Waals surface area contributed by atoms with E-state index in [4.69, 9.17) is 4.74 Å². The lowest BCUT2D eigenvalue weighted by molar-refractivity contribution is -0.141. The fraction of sp³-hybridized carbons (Fsp3) is 0.130. The second kappa shape index (κ2) is 7.46. The highest BCUT2D eigenvalue weighted by molar-refractivity contribution is 6.04. The summed E-state index contributed by atoms with van der Waals surface area (Å²) in [6.45, 7) is 0. The van der Waals surface area contributed by atoms with E-state index in [1.165, 1.54) is 0 Å². The number of ether oxygens (including phenoxy) is 1. The first kappa shape index (κ1) is 17.0. The third-order valence-electron chi connectivity index (χ3n) is 4.70.